The van der Waals surface area contributed by atoms with Gasteiger partial charge in [-0.1, -0.05) is 0 Å². The van der Waals surface area contributed by atoms with Gasteiger partial charge in [0.05, 0.1) is 23.6 Å². The van der Waals surface area contributed by atoms with Crippen LogP contribution in [0.1, 0.15) is 12.0 Å². The van der Waals surface area contributed by atoms with E-state index < -0.39 is 15.9 Å². The first kappa shape index (κ1) is 17.9. The summed E-state index contributed by atoms with van der Waals surface area (Å²) in [4.78, 5) is 11.8. The first-order valence-corrected chi connectivity index (χ1v) is 8.47. The van der Waals surface area contributed by atoms with E-state index in [4.69, 9.17) is 10.00 Å². The molecule has 1 N–H and O–H groups in total. The van der Waals surface area contributed by atoms with Crippen LogP contribution in [-0.2, 0) is 19.6 Å². The smallest absolute Gasteiger partial charge is 0.240 e. The van der Waals surface area contributed by atoms with Crippen LogP contribution < -0.4 is 9.62 Å². The molecular formula is C14H19N3O4S. The van der Waals surface area contributed by atoms with E-state index in [0.717, 1.165) is 10.6 Å². The number of benzene rings is 1. The van der Waals surface area contributed by atoms with Crippen LogP contribution in [0.5, 0.6) is 0 Å². The molecule has 120 valence electrons. The fourth-order valence-electron chi connectivity index (χ4n) is 1.73. The molecule has 0 aliphatic rings. The summed E-state index contributed by atoms with van der Waals surface area (Å²) in [5, 5.41) is 11.4. The third kappa shape index (κ3) is 5.71. The maximum Gasteiger partial charge on any atom is 0.240 e. The Labute approximate surface area is 130 Å². The minimum atomic E-state index is -3.60. The molecule has 0 aliphatic heterocycles. The molecule has 0 fully saturated rings. The van der Waals surface area contributed by atoms with Gasteiger partial charge in [-0.15, -0.1) is 0 Å². The summed E-state index contributed by atoms with van der Waals surface area (Å²) < 4.78 is 29.6. The van der Waals surface area contributed by atoms with E-state index in [9.17, 15) is 13.2 Å². The van der Waals surface area contributed by atoms with E-state index in [-0.39, 0.29) is 6.54 Å². The fourth-order valence-corrected chi connectivity index (χ4v) is 2.59. The van der Waals surface area contributed by atoms with E-state index in [1.165, 1.54) is 24.3 Å². The topological polar surface area (TPSA) is 99.5 Å². The van der Waals surface area contributed by atoms with Crippen LogP contribution >= 0.6 is 0 Å². The molecule has 0 saturated heterocycles. The van der Waals surface area contributed by atoms with E-state index in [2.05, 4.69) is 5.32 Å². The summed E-state index contributed by atoms with van der Waals surface area (Å²) >= 11 is 0. The lowest BCUT2D eigenvalue weighted by Gasteiger charge is -2.21. The first-order valence-electron chi connectivity index (χ1n) is 6.62. The summed E-state index contributed by atoms with van der Waals surface area (Å²) in [5.41, 5.74) is 0.759. The summed E-state index contributed by atoms with van der Waals surface area (Å²) in [5.74, 6) is -0.397. The Kier molecular flexibility index (Phi) is 6.82. The Morgan fingerprint density at radius 1 is 1.36 bits per heavy atom. The van der Waals surface area contributed by atoms with Crippen molar-refractivity contribution in [2.75, 3.05) is 37.4 Å². The van der Waals surface area contributed by atoms with Crippen molar-refractivity contribution in [1.29, 1.82) is 5.26 Å². The third-order valence-electron chi connectivity index (χ3n) is 2.82. The minimum Gasteiger partial charge on any atom is -0.385 e. The number of carbonyl (C=O) groups is 1. The van der Waals surface area contributed by atoms with Crippen LogP contribution in [0, 0.1) is 11.3 Å². The Hall–Kier alpha value is -2.11. The number of nitriles is 1. The van der Waals surface area contributed by atoms with Crippen molar-refractivity contribution in [3.63, 3.8) is 0 Å². The second-order valence-corrected chi connectivity index (χ2v) is 6.53. The summed E-state index contributed by atoms with van der Waals surface area (Å²) in [6.07, 6.45) is 1.68. The standard InChI is InChI=1S/C14H19N3O4S/c1-21-9-3-8-16-14(18)11-17(22(2,19)20)13-6-4-12(10-15)5-7-13/h4-7H,3,8-9,11H2,1-2H3,(H,16,18). The number of hydrogen-bond donors (Lipinski definition) is 1. The number of carbonyl (C=O) groups excluding carboxylic acids is 1. The van der Waals surface area contributed by atoms with Crippen molar-refractivity contribution in [2.24, 2.45) is 0 Å². The number of hydrogen-bond acceptors (Lipinski definition) is 5. The quantitative estimate of drug-likeness (QED) is 0.701. The van der Waals surface area contributed by atoms with Gasteiger partial charge in [-0.3, -0.25) is 9.10 Å². The largest absolute Gasteiger partial charge is 0.385 e. The van der Waals surface area contributed by atoms with Crippen LogP contribution in [0.4, 0.5) is 5.69 Å². The molecule has 0 spiro atoms. The van der Waals surface area contributed by atoms with Crippen LogP contribution in [0.15, 0.2) is 24.3 Å². The summed E-state index contributed by atoms with van der Waals surface area (Å²) in [6.45, 7) is 0.626. The van der Waals surface area contributed by atoms with Gasteiger partial charge in [-0.2, -0.15) is 5.26 Å². The van der Waals surface area contributed by atoms with Gasteiger partial charge < -0.3 is 10.1 Å². The van der Waals surface area contributed by atoms with Gasteiger partial charge in [-0.05, 0) is 30.7 Å². The zero-order valence-electron chi connectivity index (χ0n) is 12.6. The second kappa shape index (κ2) is 8.36. The number of anilines is 1. The second-order valence-electron chi connectivity index (χ2n) is 4.62. The number of nitrogens with one attached hydrogen (secondary N) is 1. The Balaban J connectivity index is 2.77. The maximum absolute atomic E-state index is 11.9. The van der Waals surface area contributed by atoms with Gasteiger partial charge in [-0.25, -0.2) is 8.42 Å². The van der Waals surface area contributed by atoms with Gasteiger partial charge in [0.2, 0.25) is 15.9 Å². The van der Waals surface area contributed by atoms with Gasteiger partial charge in [0.25, 0.3) is 0 Å². The lowest BCUT2D eigenvalue weighted by Crippen LogP contribution is -2.40. The van der Waals surface area contributed by atoms with Gasteiger partial charge >= 0.3 is 0 Å². The van der Waals surface area contributed by atoms with E-state index >= 15 is 0 Å². The van der Waals surface area contributed by atoms with Crippen LogP contribution in [-0.4, -0.2) is 47.4 Å². The zero-order valence-corrected chi connectivity index (χ0v) is 13.4. The van der Waals surface area contributed by atoms with E-state index in [1.807, 2.05) is 6.07 Å². The van der Waals surface area contributed by atoms with Crippen LogP contribution in [0.2, 0.25) is 0 Å². The highest BCUT2D eigenvalue weighted by atomic mass is 32.2. The van der Waals surface area contributed by atoms with Crippen molar-refractivity contribution < 1.29 is 17.9 Å². The first-order chi connectivity index (χ1) is 10.4. The van der Waals surface area contributed by atoms with Gasteiger partial charge in [0, 0.05) is 20.3 Å². The molecule has 0 aliphatic carbocycles. The molecule has 0 aromatic heterocycles. The van der Waals surface area contributed by atoms with E-state index in [1.54, 1.807) is 7.11 Å². The normalized spacial score (nSPS) is 10.8. The lowest BCUT2D eigenvalue weighted by atomic mass is 10.2. The van der Waals surface area contributed by atoms with Crippen molar-refractivity contribution in [1.82, 2.24) is 5.32 Å². The number of ether oxygens (including phenoxy) is 1. The van der Waals surface area contributed by atoms with Crippen molar-refractivity contribution in [2.45, 2.75) is 6.42 Å². The number of rotatable bonds is 8. The molecule has 0 saturated carbocycles. The van der Waals surface area contributed by atoms with Gasteiger partial charge in [0.1, 0.15) is 6.54 Å². The van der Waals surface area contributed by atoms with Crippen molar-refractivity contribution in [3.8, 4) is 6.07 Å². The fraction of sp³-hybridized carbons (Fsp3) is 0.429. The van der Waals surface area contributed by atoms with Crippen LogP contribution in [0.25, 0.3) is 0 Å². The summed E-state index contributed by atoms with van der Waals surface area (Å²) in [7, 11) is -2.04. The molecule has 1 amide bonds. The Morgan fingerprint density at radius 2 is 2.00 bits per heavy atom. The predicted octanol–water partition coefficient (Wildman–Crippen LogP) is 0.477. The van der Waals surface area contributed by atoms with Crippen LogP contribution in [0.3, 0.4) is 0 Å². The number of nitrogens with zero attached hydrogens (tertiary/aromatic N) is 2. The highest BCUT2D eigenvalue weighted by Crippen LogP contribution is 2.17. The molecule has 0 unspecified atom stereocenters. The molecule has 1 rings (SSSR count). The molecule has 0 bridgehead atoms. The molecule has 1 aromatic carbocycles. The van der Waals surface area contributed by atoms with E-state index in [0.29, 0.717) is 30.8 Å². The average Bonchev–Trinajstić information content (AvgIpc) is 2.48. The maximum atomic E-state index is 11.9. The molecule has 1 aromatic rings. The lowest BCUT2D eigenvalue weighted by molar-refractivity contribution is -0.119. The monoisotopic (exact) mass is 325 g/mol. The highest BCUT2D eigenvalue weighted by Gasteiger charge is 2.20. The average molecular weight is 325 g/mol. The van der Waals surface area contributed by atoms with Crippen molar-refractivity contribution >= 4 is 21.6 Å². The van der Waals surface area contributed by atoms with Gasteiger partial charge in [0.15, 0.2) is 0 Å². The molecular weight excluding hydrogens is 306 g/mol. The number of amides is 1. The minimum absolute atomic E-state index is 0.308. The van der Waals surface area contributed by atoms with Crippen molar-refractivity contribution in [3.05, 3.63) is 29.8 Å². The summed E-state index contributed by atoms with van der Waals surface area (Å²) in [6, 6.07) is 7.96. The predicted molar refractivity (Wildman–Crippen MR) is 82.8 cm³/mol. The Bertz CT molecular complexity index is 635. The third-order valence-corrected chi connectivity index (χ3v) is 3.96. The highest BCUT2D eigenvalue weighted by molar-refractivity contribution is 7.92. The molecule has 0 radical (unpaired) electrons. The molecule has 22 heavy (non-hydrogen) atoms. The molecule has 7 nitrogen and oxygen atoms in total. The molecule has 0 heterocycles. The number of methoxy groups -OCH3 is 1. The molecule has 8 heteroatoms. The molecule has 0 atom stereocenters. The zero-order chi connectivity index (χ0) is 16.6. The Morgan fingerprint density at radius 3 is 2.50 bits per heavy atom. The number of sulfonamides is 1. The SMILES string of the molecule is COCCCNC(=O)CN(c1ccc(C#N)cc1)S(C)(=O)=O.